The average molecular weight is 259 g/mol. The van der Waals surface area contributed by atoms with Crippen LogP contribution in [0.2, 0.25) is 0 Å². The molecule has 0 aliphatic heterocycles. The highest BCUT2D eigenvalue weighted by molar-refractivity contribution is 5.94. The van der Waals surface area contributed by atoms with Gasteiger partial charge in [0, 0.05) is 12.1 Å². The predicted molar refractivity (Wildman–Crippen MR) is 71.4 cm³/mol. The van der Waals surface area contributed by atoms with E-state index in [-0.39, 0.29) is 5.91 Å². The molecular weight excluding hydrogens is 242 g/mol. The maximum atomic E-state index is 11.9. The lowest BCUT2D eigenvalue weighted by Crippen LogP contribution is -2.23. The first-order valence-corrected chi connectivity index (χ1v) is 6.01. The van der Waals surface area contributed by atoms with Gasteiger partial charge < -0.3 is 10.2 Å². The van der Waals surface area contributed by atoms with Crippen molar-refractivity contribution in [1.29, 1.82) is 0 Å². The van der Waals surface area contributed by atoms with Crippen LogP contribution in [0.5, 0.6) is 0 Å². The van der Waals surface area contributed by atoms with Gasteiger partial charge in [-0.05, 0) is 31.8 Å². The number of nitrogens with one attached hydrogen (secondary N) is 2. The third-order valence-corrected chi connectivity index (χ3v) is 2.60. The summed E-state index contributed by atoms with van der Waals surface area (Å²) in [5, 5.41) is 9.19. The van der Waals surface area contributed by atoms with E-state index >= 15 is 0 Å². The Morgan fingerprint density at radius 2 is 2.05 bits per heavy atom. The van der Waals surface area contributed by atoms with Crippen LogP contribution in [0.3, 0.4) is 0 Å². The number of aromatic amines is 1. The van der Waals surface area contributed by atoms with Crippen LogP contribution in [-0.4, -0.2) is 40.1 Å². The fourth-order valence-corrected chi connectivity index (χ4v) is 1.71. The van der Waals surface area contributed by atoms with E-state index in [4.69, 9.17) is 0 Å². The lowest BCUT2D eigenvalue weighted by atomic mass is 10.1. The molecule has 0 bridgehead atoms. The number of rotatable bonds is 5. The molecule has 2 N–H and O–H groups in total. The van der Waals surface area contributed by atoms with Crippen molar-refractivity contribution in [3.8, 4) is 0 Å². The van der Waals surface area contributed by atoms with E-state index in [1.165, 1.54) is 11.9 Å². The van der Waals surface area contributed by atoms with Crippen LogP contribution in [0.4, 0.5) is 0 Å². The van der Waals surface area contributed by atoms with Gasteiger partial charge in [0.15, 0.2) is 0 Å². The number of hydrogen-bond donors (Lipinski definition) is 2. The number of benzene rings is 1. The standard InChI is InChI=1S/C13H17N5O/c1-18(2)8-10-3-5-11(6-4-10)13(19)14-7-12-15-9-16-17-12/h3-6,9H,7-8H2,1-2H3,(H,14,19)(H,15,16,17). The van der Waals surface area contributed by atoms with Gasteiger partial charge in [-0.15, -0.1) is 0 Å². The first-order chi connectivity index (χ1) is 9.15. The molecule has 0 spiro atoms. The summed E-state index contributed by atoms with van der Waals surface area (Å²) in [5.74, 6) is 0.519. The van der Waals surface area contributed by atoms with Gasteiger partial charge in [0.1, 0.15) is 12.2 Å². The van der Waals surface area contributed by atoms with Crippen molar-refractivity contribution < 1.29 is 4.79 Å². The first kappa shape index (κ1) is 13.2. The topological polar surface area (TPSA) is 73.9 Å². The Labute approximate surface area is 111 Å². The average Bonchev–Trinajstić information content (AvgIpc) is 2.89. The summed E-state index contributed by atoms with van der Waals surface area (Å²) in [6.07, 6.45) is 1.41. The molecule has 6 nitrogen and oxygen atoms in total. The Bertz CT molecular complexity index is 518. The Kier molecular flexibility index (Phi) is 4.25. The third-order valence-electron chi connectivity index (χ3n) is 2.60. The van der Waals surface area contributed by atoms with Crippen LogP contribution in [-0.2, 0) is 13.1 Å². The number of aromatic nitrogens is 3. The van der Waals surface area contributed by atoms with Crippen LogP contribution in [0.25, 0.3) is 0 Å². The summed E-state index contributed by atoms with van der Waals surface area (Å²) < 4.78 is 0. The number of carbonyl (C=O) groups excluding carboxylic acids is 1. The van der Waals surface area contributed by atoms with Crippen LogP contribution >= 0.6 is 0 Å². The van der Waals surface area contributed by atoms with Crippen molar-refractivity contribution in [3.05, 3.63) is 47.5 Å². The van der Waals surface area contributed by atoms with E-state index in [1.807, 2.05) is 38.4 Å². The van der Waals surface area contributed by atoms with Crippen LogP contribution < -0.4 is 5.32 Å². The molecule has 19 heavy (non-hydrogen) atoms. The first-order valence-electron chi connectivity index (χ1n) is 6.01. The van der Waals surface area contributed by atoms with Gasteiger partial charge in [-0.3, -0.25) is 9.89 Å². The van der Waals surface area contributed by atoms with Crippen molar-refractivity contribution in [3.63, 3.8) is 0 Å². The van der Waals surface area contributed by atoms with E-state index in [9.17, 15) is 4.79 Å². The van der Waals surface area contributed by atoms with Crippen LogP contribution in [0.15, 0.2) is 30.6 Å². The zero-order valence-electron chi connectivity index (χ0n) is 11.1. The molecule has 1 amide bonds. The normalized spacial score (nSPS) is 10.7. The second kappa shape index (κ2) is 6.10. The van der Waals surface area contributed by atoms with E-state index in [1.54, 1.807) is 0 Å². The number of H-pyrrole nitrogens is 1. The number of hydrogen-bond acceptors (Lipinski definition) is 4. The largest absolute Gasteiger partial charge is 0.345 e. The quantitative estimate of drug-likeness (QED) is 0.833. The molecule has 0 atom stereocenters. The molecule has 2 rings (SSSR count). The zero-order valence-corrected chi connectivity index (χ0v) is 11.1. The van der Waals surface area contributed by atoms with Gasteiger partial charge >= 0.3 is 0 Å². The summed E-state index contributed by atoms with van der Waals surface area (Å²) in [5.41, 5.74) is 1.82. The molecule has 100 valence electrons. The Morgan fingerprint density at radius 1 is 1.32 bits per heavy atom. The van der Waals surface area contributed by atoms with Gasteiger partial charge in [-0.1, -0.05) is 12.1 Å². The maximum Gasteiger partial charge on any atom is 0.251 e. The fourth-order valence-electron chi connectivity index (χ4n) is 1.71. The summed E-state index contributed by atoms with van der Waals surface area (Å²) in [4.78, 5) is 17.9. The molecule has 2 aromatic rings. The summed E-state index contributed by atoms with van der Waals surface area (Å²) in [7, 11) is 4.02. The molecule has 6 heteroatoms. The Morgan fingerprint density at radius 3 is 2.63 bits per heavy atom. The maximum absolute atomic E-state index is 11.9. The van der Waals surface area contributed by atoms with Crippen molar-refractivity contribution in [1.82, 2.24) is 25.4 Å². The van der Waals surface area contributed by atoms with E-state index in [0.29, 0.717) is 17.9 Å². The molecule has 0 saturated heterocycles. The van der Waals surface area contributed by atoms with Gasteiger partial charge in [-0.2, -0.15) is 5.10 Å². The SMILES string of the molecule is CN(C)Cc1ccc(C(=O)NCc2ncn[nH]2)cc1. The lowest BCUT2D eigenvalue weighted by Gasteiger charge is -2.10. The monoisotopic (exact) mass is 259 g/mol. The van der Waals surface area contributed by atoms with E-state index in [2.05, 4.69) is 25.4 Å². The lowest BCUT2D eigenvalue weighted by molar-refractivity contribution is 0.0950. The summed E-state index contributed by atoms with van der Waals surface area (Å²) >= 11 is 0. The Balaban J connectivity index is 1.92. The van der Waals surface area contributed by atoms with Crippen LogP contribution in [0, 0.1) is 0 Å². The van der Waals surface area contributed by atoms with Gasteiger partial charge in [0.2, 0.25) is 0 Å². The van der Waals surface area contributed by atoms with Crippen molar-refractivity contribution in [2.24, 2.45) is 0 Å². The predicted octanol–water partition coefficient (Wildman–Crippen LogP) is 0.796. The molecule has 0 fully saturated rings. The molecule has 0 aliphatic carbocycles. The molecule has 0 unspecified atom stereocenters. The van der Waals surface area contributed by atoms with Gasteiger partial charge in [0.05, 0.1) is 6.54 Å². The number of carbonyl (C=O) groups is 1. The minimum atomic E-state index is -0.118. The van der Waals surface area contributed by atoms with Crippen LogP contribution in [0.1, 0.15) is 21.7 Å². The number of amides is 1. The zero-order chi connectivity index (χ0) is 13.7. The fraction of sp³-hybridized carbons (Fsp3) is 0.308. The highest BCUT2D eigenvalue weighted by atomic mass is 16.1. The molecule has 1 aromatic heterocycles. The third kappa shape index (κ3) is 3.89. The van der Waals surface area contributed by atoms with Gasteiger partial charge in [-0.25, -0.2) is 4.98 Å². The highest BCUT2D eigenvalue weighted by Crippen LogP contribution is 2.06. The summed E-state index contributed by atoms with van der Waals surface area (Å²) in [6.45, 7) is 1.21. The molecule has 1 heterocycles. The smallest absolute Gasteiger partial charge is 0.251 e. The molecule has 0 aliphatic rings. The Hall–Kier alpha value is -2.21. The molecule has 1 aromatic carbocycles. The second-order valence-electron chi connectivity index (χ2n) is 4.55. The highest BCUT2D eigenvalue weighted by Gasteiger charge is 2.06. The van der Waals surface area contributed by atoms with Crippen molar-refractivity contribution in [2.45, 2.75) is 13.1 Å². The van der Waals surface area contributed by atoms with E-state index < -0.39 is 0 Å². The second-order valence-corrected chi connectivity index (χ2v) is 4.55. The molecule has 0 saturated carbocycles. The number of nitrogens with zero attached hydrogens (tertiary/aromatic N) is 3. The minimum absolute atomic E-state index is 0.118. The minimum Gasteiger partial charge on any atom is -0.345 e. The summed E-state index contributed by atoms with van der Waals surface area (Å²) in [6, 6.07) is 7.58. The molecule has 0 radical (unpaired) electrons. The van der Waals surface area contributed by atoms with Crippen molar-refractivity contribution in [2.75, 3.05) is 14.1 Å². The molecular formula is C13H17N5O. The van der Waals surface area contributed by atoms with Crippen molar-refractivity contribution >= 4 is 5.91 Å². The van der Waals surface area contributed by atoms with Gasteiger partial charge in [0.25, 0.3) is 5.91 Å². The van der Waals surface area contributed by atoms with E-state index in [0.717, 1.165) is 6.54 Å².